The summed E-state index contributed by atoms with van der Waals surface area (Å²) in [6.45, 7) is 0.963. The molecule has 2 amide bonds. The maximum atomic E-state index is 13.2. The molecule has 2 aliphatic rings. The second kappa shape index (κ2) is 6.70. The summed E-state index contributed by atoms with van der Waals surface area (Å²) < 4.78 is 0. The smallest absolute Gasteiger partial charge is 0.325 e. The number of nitrogens with zero attached hydrogens (tertiary/aromatic N) is 2. The fourth-order valence-corrected chi connectivity index (χ4v) is 3.77. The molecule has 0 radical (unpaired) electrons. The lowest BCUT2D eigenvalue weighted by molar-refractivity contribution is 0.163. The fourth-order valence-electron chi connectivity index (χ4n) is 3.59. The molecule has 0 spiro atoms. The number of hydrogen-bond donors (Lipinski definition) is 1. The molecule has 1 atom stereocenters. The van der Waals surface area contributed by atoms with Gasteiger partial charge in [-0.25, -0.2) is 4.79 Å². The van der Waals surface area contributed by atoms with Crippen molar-refractivity contribution < 1.29 is 9.90 Å². The van der Waals surface area contributed by atoms with Gasteiger partial charge in [0.1, 0.15) is 0 Å². The van der Waals surface area contributed by atoms with E-state index in [0.717, 1.165) is 23.4 Å². The Hall–Kier alpha value is -2.04. The predicted octanol–water partition coefficient (Wildman–Crippen LogP) is 4.07. The van der Waals surface area contributed by atoms with Crippen LogP contribution in [0.5, 0.6) is 0 Å². The number of carbonyl (C=O) groups is 1. The number of aliphatic hydroxyl groups is 1. The Morgan fingerprint density at radius 3 is 2.56 bits per heavy atom. The lowest BCUT2D eigenvalue weighted by Crippen LogP contribution is -2.51. The van der Waals surface area contributed by atoms with Crippen molar-refractivity contribution in [2.75, 3.05) is 24.6 Å². The van der Waals surface area contributed by atoms with Crippen molar-refractivity contribution in [3.8, 4) is 0 Å². The molecule has 4 nitrogen and oxygen atoms in total. The third-order valence-corrected chi connectivity index (χ3v) is 5.19. The molecular formula is C20H21ClN2O2. The van der Waals surface area contributed by atoms with Gasteiger partial charge in [-0.1, -0.05) is 41.9 Å². The van der Waals surface area contributed by atoms with Crippen LogP contribution in [0, 0.1) is 5.92 Å². The zero-order chi connectivity index (χ0) is 17.4. The molecule has 2 aromatic rings. The zero-order valence-corrected chi connectivity index (χ0v) is 14.7. The molecule has 1 N–H and O–H groups in total. The van der Waals surface area contributed by atoms with Crippen LogP contribution in [0.1, 0.15) is 30.0 Å². The van der Waals surface area contributed by atoms with Crippen LogP contribution in [0.15, 0.2) is 48.5 Å². The van der Waals surface area contributed by atoms with E-state index in [1.54, 1.807) is 4.90 Å². The molecule has 4 rings (SSSR count). The van der Waals surface area contributed by atoms with E-state index >= 15 is 0 Å². The van der Waals surface area contributed by atoms with Gasteiger partial charge >= 0.3 is 6.03 Å². The van der Waals surface area contributed by atoms with E-state index in [-0.39, 0.29) is 18.7 Å². The molecule has 1 saturated carbocycles. The first-order valence-corrected chi connectivity index (χ1v) is 9.10. The van der Waals surface area contributed by atoms with Gasteiger partial charge in [-0.2, -0.15) is 0 Å². The van der Waals surface area contributed by atoms with Gasteiger partial charge < -0.3 is 10.0 Å². The summed E-state index contributed by atoms with van der Waals surface area (Å²) in [5.41, 5.74) is 2.98. The number of amides is 2. The van der Waals surface area contributed by atoms with E-state index in [2.05, 4.69) is 0 Å². The topological polar surface area (TPSA) is 43.8 Å². The molecule has 5 heteroatoms. The first-order chi connectivity index (χ1) is 12.2. The number of fused-ring (bicyclic) bond motifs is 1. The lowest BCUT2D eigenvalue weighted by Gasteiger charge is -2.43. The number of hydrogen-bond acceptors (Lipinski definition) is 2. The molecular weight excluding hydrogens is 336 g/mol. The standard InChI is InChI=1S/C20H21ClN2O2/c21-16-8-9-18-17(12-16)19(15-4-2-1-3-5-15)22(10-11-24)20(25)23(18)13-14-6-7-14/h1-5,8-9,12,14,19,24H,6-7,10-11,13H2. The highest BCUT2D eigenvalue weighted by Crippen LogP contribution is 2.43. The van der Waals surface area contributed by atoms with Crippen LogP contribution in [-0.4, -0.2) is 35.7 Å². The number of carbonyl (C=O) groups excluding carboxylic acids is 1. The molecule has 1 aliphatic carbocycles. The fraction of sp³-hybridized carbons (Fsp3) is 0.350. The van der Waals surface area contributed by atoms with Crippen LogP contribution in [-0.2, 0) is 0 Å². The molecule has 1 fully saturated rings. The highest BCUT2D eigenvalue weighted by molar-refractivity contribution is 6.30. The molecule has 0 saturated heterocycles. The van der Waals surface area contributed by atoms with Gasteiger partial charge in [0.25, 0.3) is 0 Å². The SMILES string of the molecule is O=C1N(CC2CC2)c2ccc(Cl)cc2C(c2ccccc2)N1CCO. The number of halogens is 1. The Balaban J connectivity index is 1.85. The minimum atomic E-state index is -0.231. The summed E-state index contributed by atoms with van der Waals surface area (Å²) in [6, 6.07) is 15.4. The Labute approximate surface area is 152 Å². The van der Waals surface area contributed by atoms with Crippen molar-refractivity contribution in [1.82, 2.24) is 4.90 Å². The predicted molar refractivity (Wildman–Crippen MR) is 99.0 cm³/mol. The summed E-state index contributed by atoms with van der Waals surface area (Å²) in [7, 11) is 0. The lowest BCUT2D eigenvalue weighted by atomic mass is 9.93. The minimum Gasteiger partial charge on any atom is -0.395 e. The van der Waals surface area contributed by atoms with Gasteiger partial charge in [-0.15, -0.1) is 0 Å². The largest absolute Gasteiger partial charge is 0.395 e. The van der Waals surface area contributed by atoms with E-state index in [9.17, 15) is 9.90 Å². The molecule has 0 aromatic heterocycles. The van der Waals surface area contributed by atoms with Gasteiger partial charge in [-0.05, 0) is 42.5 Å². The average molecular weight is 357 g/mol. The van der Waals surface area contributed by atoms with Crippen LogP contribution in [0.25, 0.3) is 0 Å². The monoisotopic (exact) mass is 356 g/mol. The second-order valence-corrected chi connectivity index (χ2v) is 7.21. The molecule has 0 bridgehead atoms. The molecule has 25 heavy (non-hydrogen) atoms. The maximum Gasteiger partial charge on any atom is 0.325 e. The highest BCUT2D eigenvalue weighted by atomic mass is 35.5. The number of anilines is 1. The average Bonchev–Trinajstić information content (AvgIpc) is 3.44. The van der Waals surface area contributed by atoms with Crippen LogP contribution >= 0.6 is 11.6 Å². The number of β-amino-alcohol motifs (C(OH)–C–C–N with tert-alkyl or cyclic N) is 1. The van der Waals surface area contributed by atoms with E-state index in [1.807, 2.05) is 53.4 Å². The van der Waals surface area contributed by atoms with Gasteiger partial charge in [0.2, 0.25) is 0 Å². The minimum absolute atomic E-state index is 0.0374. The van der Waals surface area contributed by atoms with Crippen LogP contribution < -0.4 is 4.90 Å². The molecule has 2 aromatic carbocycles. The van der Waals surface area contributed by atoms with Gasteiger partial charge in [-0.3, -0.25) is 4.90 Å². The second-order valence-electron chi connectivity index (χ2n) is 6.77. The Morgan fingerprint density at radius 1 is 1.12 bits per heavy atom. The number of aliphatic hydroxyl groups excluding tert-OH is 1. The molecule has 1 heterocycles. The van der Waals surface area contributed by atoms with Crippen molar-refractivity contribution in [2.24, 2.45) is 5.92 Å². The van der Waals surface area contributed by atoms with Crippen LogP contribution in [0.2, 0.25) is 5.02 Å². The normalized spacial score (nSPS) is 19.9. The molecule has 1 aliphatic heterocycles. The van der Waals surface area contributed by atoms with Crippen molar-refractivity contribution >= 4 is 23.3 Å². The summed E-state index contributed by atoms with van der Waals surface area (Å²) >= 11 is 6.29. The Bertz CT molecular complexity index is 777. The van der Waals surface area contributed by atoms with E-state index in [4.69, 9.17) is 11.6 Å². The summed E-state index contributed by atoms with van der Waals surface area (Å²) in [5, 5.41) is 10.2. The van der Waals surface area contributed by atoms with E-state index in [1.165, 1.54) is 12.8 Å². The number of urea groups is 1. The van der Waals surface area contributed by atoms with Crippen LogP contribution in [0.3, 0.4) is 0 Å². The van der Waals surface area contributed by atoms with Crippen molar-refractivity contribution in [3.63, 3.8) is 0 Å². The first kappa shape index (κ1) is 16.4. The first-order valence-electron chi connectivity index (χ1n) is 8.72. The Kier molecular flexibility index (Phi) is 4.40. The van der Waals surface area contributed by atoms with Gasteiger partial charge in [0, 0.05) is 23.7 Å². The zero-order valence-electron chi connectivity index (χ0n) is 13.9. The van der Waals surface area contributed by atoms with Gasteiger partial charge in [0.05, 0.1) is 18.3 Å². The number of rotatable bonds is 5. The maximum absolute atomic E-state index is 13.2. The molecule has 130 valence electrons. The van der Waals surface area contributed by atoms with E-state index in [0.29, 0.717) is 17.5 Å². The summed E-state index contributed by atoms with van der Waals surface area (Å²) in [6.07, 6.45) is 2.35. The Morgan fingerprint density at radius 2 is 1.88 bits per heavy atom. The number of benzene rings is 2. The van der Waals surface area contributed by atoms with Gasteiger partial charge in [0.15, 0.2) is 0 Å². The summed E-state index contributed by atoms with van der Waals surface area (Å²) in [4.78, 5) is 16.8. The van der Waals surface area contributed by atoms with E-state index < -0.39 is 0 Å². The van der Waals surface area contributed by atoms with Crippen LogP contribution in [0.4, 0.5) is 10.5 Å². The third kappa shape index (κ3) is 3.12. The van der Waals surface area contributed by atoms with Crippen molar-refractivity contribution in [1.29, 1.82) is 0 Å². The third-order valence-electron chi connectivity index (χ3n) is 4.96. The molecule has 1 unspecified atom stereocenters. The van der Waals surface area contributed by atoms with Crippen molar-refractivity contribution in [3.05, 3.63) is 64.7 Å². The highest BCUT2D eigenvalue weighted by Gasteiger charge is 2.40. The quantitative estimate of drug-likeness (QED) is 0.877. The summed E-state index contributed by atoms with van der Waals surface area (Å²) in [5.74, 6) is 0.580. The van der Waals surface area contributed by atoms with Crippen molar-refractivity contribution in [2.45, 2.75) is 18.9 Å².